The summed E-state index contributed by atoms with van der Waals surface area (Å²) in [4.78, 5) is 5.53. The molecule has 0 bridgehead atoms. The smallest absolute Gasteiger partial charge is 0.104 e. The van der Waals surface area contributed by atoms with Gasteiger partial charge in [-0.15, -0.1) is 0 Å². The lowest BCUT2D eigenvalue weighted by Crippen LogP contribution is -2.49. The van der Waals surface area contributed by atoms with Crippen molar-refractivity contribution in [2.45, 2.75) is 25.4 Å². The summed E-state index contributed by atoms with van der Waals surface area (Å²) >= 11 is 11.3. The lowest BCUT2D eigenvalue weighted by Gasteiger charge is -2.37. The van der Waals surface area contributed by atoms with Gasteiger partial charge in [-0.1, -0.05) is 36.0 Å². The zero-order valence-corrected chi connectivity index (χ0v) is 13.1. The number of thiocarbonyl (C=S) groups is 1. The predicted molar refractivity (Wildman–Crippen MR) is 87.2 cm³/mol. The van der Waals surface area contributed by atoms with Gasteiger partial charge in [-0.25, -0.2) is 0 Å². The number of benzene rings is 1. The van der Waals surface area contributed by atoms with Crippen molar-refractivity contribution in [3.05, 3.63) is 34.3 Å². The first-order valence-corrected chi connectivity index (χ1v) is 7.97. The van der Waals surface area contributed by atoms with Gasteiger partial charge in [0.2, 0.25) is 0 Å². The molecule has 0 aromatic heterocycles. The van der Waals surface area contributed by atoms with Crippen LogP contribution in [0.15, 0.2) is 18.2 Å². The van der Waals surface area contributed by atoms with Gasteiger partial charge in [-0.05, 0) is 31.0 Å². The van der Waals surface area contributed by atoms with Crippen LogP contribution in [-0.4, -0.2) is 47.0 Å². The molecule has 0 radical (unpaired) electrons. The molecule has 0 saturated carbocycles. The maximum atomic E-state index is 6.35. The number of piperazine rings is 1. The highest BCUT2D eigenvalue weighted by Crippen LogP contribution is 2.25. The number of nitrogens with zero attached hydrogens (tertiary/aromatic N) is 2. The van der Waals surface area contributed by atoms with Gasteiger partial charge in [0, 0.05) is 42.8 Å². The van der Waals surface area contributed by atoms with Crippen molar-refractivity contribution >= 4 is 28.8 Å². The lowest BCUT2D eigenvalue weighted by molar-refractivity contribution is 0.0994. The Morgan fingerprint density at radius 2 is 2.20 bits per heavy atom. The van der Waals surface area contributed by atoms with E-state index in [0.717, 1.165) is 41.8 Å². The van der Waals surface area contributed by atoms with E-state index >= 15 is 0 Å². The van der Waals surface area contributed by atoms with E-state index in [1.807, 2.05) is 12.1 Å². The van der Waals surface area contributed by atoms with Crippen molar-refractivity contribution in [2.24, 2.45) is 5.73 Å². The Labute approximate surface area is 130 Å². The van der Waals surface area contributed by atoms with Crippen LogP contribution < -0.4 is 5.73 Å². The number of rotatable bonds is 3. The van der Waals surface area contributed by atoms with Crippen molar-refractivity contribution in [3.63, 3.8) is 0 Å². The highest BCUT2D eigenvalue weighted by Gasteiger charge is 2.30. The Morgan fingerprint density at radius 1 is 1.35 bits per heavy atom. The predicted octanol–water partition coefficient (Wildman–Crippen LogP) is 2.25. The SMILES string of the molecule is NC(=S)c1ccc(CN2CCN3CCCC3C2)c(Cl)c1. The van der Waals surface area contributed by atoms with Crippen LogP contribution in [0.1, 0.15) is 24.0 Å². The minimum absolute atomic E-state index is 0.401. The van der Waals surface area contributed by atoms with Gasteiger partial charge in [-0.2, -0.15) is 0 Å². The van der Waals surface area contributed by atoms with Gasteiger partial charge < -0.3 is 5.73 Å². The molecule has 1 unspecified atom stereocenters. The minimum atomic E-state index is 0.401. The number of halogens is 1. The molecule has 2 fully saturated rings. The van der Waals surface area contributed by atoms with Crippen LogP contribution in [0.25, 0.3) is 0 Å². The normalized spacial score (nSPS) is 23.8. The average Bonchev–Trinajstić information content (AvgIpc) is 2.88. The summed E-state index contributed by atoms with van der Waals surface area (Å²) in [6, 6.07) is 6.65. The van der Waals surface area contributed by atoms with E-state index in [1.54, 1.807) is 0 Å². The summed E-state index contributed by atoms with van der Waals surface area (Å²) in [5, 5.41) is 0.768. The van der Waals surface area contributed by atoms with Gasteiger partial charge in [0.1, 0.15) is 4.99 Å². The molecule has 0 spiro atoms. The summed E-state index contributed by atoms with van der Waals surface area (Å²) in [5.74, 6) is 0. The second kappa shape index (κ2) is 5.98. The molecule has 3 nitrogen and oxygen atoms in total. The molecular formula is C15H20ClN3S. The van der Waals surface area contributed by atoms with Crippen LogP contribution in [-0.2, 0) is 6.54 Å². The molecule has 5 heteroatoms. The monoisotopic (exact) mass is 309 g/mol. The van der Waals surface area contributed by atoms with Crippen molar-refractivity contribution in [3.8, 4) is 0 Å². The second-order valence-electron chi connectivity index (χ2n) is 5.74. The van der Waals surface area contributed by atoms with Crippen molar-refractivity contribution in [1.82, 2.24) is 9.80 Å². The molecule has 1 aromatic carbocycles. The zero-order valence-electron chi connectivity index (χ0n) is 11.5. The Hall–Kier alpha value is -0.680. The third-order valence-corrected chi connectivity index (χ3v) is 4.99. The highest BCUT2D eigenvalue weighted by atomic mass is 35.5. The van der Waals surface area contributed by atoms with Crippen LogP contribution in [0.5, 0.6) is 0 Å². The van der Waals surface area contributed by atoms with E-state index < -0.39 is 0 Å². The molecule has 0 aliphatic carbocycles. The zero-order chi connectivity index (χ0) is 14.1. The maximum Gasteiger partial charge on any atom is 0.104 e. The molecule has 2 saturated heterocycles. The Kier molecular flexibility index (Phi) is 4.26. The van der Waals surface area contributed by atoms with Gasteiger partial charge in [0.05, 0.1) is 0 Å². The fourth-order valence-electron chi connectivity index (χ4n) is 3.27. The van der Waals surface area contributed by atoms with Crippen molar-refractivity contribution < 1.29 is 0 Å². The molecule has 3 rings (SSSR count). The van der Waals surface area contributed by atoms with Crippen LogP contribution in [0, 0.1) is 0 Å². The highest BCUT2D eigenvalue weighted by molar-refractivity contribution is 7.80. The van der Waals surface area contributed by atoms with E-state index in [4.69, 9.17) is 29.6 Å². The summed E-state index contributed by atoms with van der Waals surface area (Å²) in [6.07, 6.45) is 2.69. The first kappa shape index (κ1) is 14.3. The Bertz CT molecular complexity index is 520. The molecule has 0 amide bonds. The lowest BCUT2D eigenvalue weighted by atomic mass is 10.1. The Balaban J connectivity index is 1.67. The van der Waals surface area contributed by atoms with E-state index in [1.165, 1.54) is 25.9 Å². The van der Waals surface area contributed by atoms with Crippen molar-refractivity contribution in [2.75, 3.05) is 26.2 Å². The summed E-state index contributed by atoms with van der Waals surface area (Å²) in [7, 11) is 0. The standard InChI is InChI=1S/C15H20ClN3S/c16-14-8-11(15(17)20)3-4-12(14)9-18-6-7-19-5-1-2-13(19)10-18/h3-4,8,13H,1-2,5-7,9-10H2,(H2,17,20). The number of hydrogen-bond acceptors (Lipinski definition) is 3. The summed E-state index contributed by atoms with van der Waals surface area (Å²) in [5.41, 5.74) is 7.64. The number of nitrogens with two attached hydrogens (primary N) is 1. The topological polar surface area (TPSA) is 32.5 Å². The molecule has 2 N–H and O–H groups in total. The molecule has 108 valence electrons. The first-order valence-electron chi connectivity index (χ1n) is 7.18. The van der Waals surface area contributed by atoms with Gasteiger partial charge in [0.25, 0.3) is 0 Å². The third-order valence-electron chi connectivity index (χ3n) is 4.40. The Morgan fingerprint density at radius 3 is 2.95 bits per heavy atom. The fraction of sp³-hybridized carbons (Fsp3) is 0.533. The van der Waals surface area contributed by atoms with Crippen LogP contribution in [0.3, 0.4) is 0 Å². The van der Waals surface area contributed by atoms with Gasteiger partial charge in [-0.3, -0.25) is 9.80 Å². The molecule has 2 heterocycles. The molecular weight excluding hydrogens is 290 g/mol. The first-order chi connectivity index (χ1) is 9.63. The van der Waals surface area contributed by atoms with Crippen LogP contribution in [0.2, 0.25) is 5.02 Å². The van der Waals surface area contributed by atoms with E-state index in [-0.39, 0.29) is 0 Å². The largest absolute Gasteiger partial charge is 0.389 e. The number of fused-ring (bicyclic) bond motifs is 1. The summed E-state index contributed by atoms with van der Waals surface area (Å²) in [6.45, 7) is 5.67. The second-order valence-corrected chi connectivity index (χ2v) is 6.58. The molecule has 2 aliphatic rings. The molecule has 20 heavy (non-hydrogen) atoms. The number of hydrogen-bond donors (Lipinski definition) is 1. The minimum Gasteiger partial charge on any atom is -0.389 e. The van der Waals surface area contributed by atoms with E-state index in [2.05, 4.69) is 15.9 Å². The van der Waals surface area contributed by atoms with Crippen LogP contribution >= 0.6 is 23.8 Å². The fourth-order valence-corrected chi connectivity index (χ4v) is 3.64. The maximum absolute atomic E-state index is 6.35. The summed E-state index contributed by atoms with van der Waals surface area (Å²) < 4.78 is 0. The molecule has 1 atom stereocenters. The van der Waals surface area contributed by atoms with Crippen molar-refractivity contribution in [1.29, 1.82) is 0 Å². The quantitative estimate of drug-likeness (QED) is 0.868. The van der Waals surface area contributed by atoms with Gasteiger partial charge in [0.15, 0.2) is 0 Å². The van der Waals surface area contributed by atoms with E-state index in [0.29, 0.717) is 4.99 Å². The average molecular weight is 310 g/mol. The molecule has 1 aromatic rings. The molecule has 2 aliphatic heterocycles. The van der Waals surface area contributed by atoms with Gasteiger partial charge >= 0.3 is 0 Å². The third kappa shape index (κ3) is 2.98. The van der Waals surface area contributed by atoms with E-state index in [9.17, 15) is 0 Å². The van der Waals surface area contributed by atoms with Crippen LogP contribution in [0.4, 0.5) is 0 Å².